The normalized spacial score (nSPS) is 11.9. The number of rotatable bonds is 4. The van der Waals surface area contributed by atoms with E-state index in [1.807, 2.05) is 38.1 Å². The van der Waals surface area contributed by atoms with E-state index in [1.165, 1.54) is 5.56 Å². The zero-order valence-electron chi connectivity index (χ0n) is 9.66. The van der Waals surface area contributed by atoms with Crippen molar-refractivity contribution >= 4 is 23.0 Å². The van der Waals surface area contributed by atoms with Crippen molar-refractivity contribution in [1.29, 1.82) is 0 Å². The molecular formula is C12H18N2OS. The van der Waals surface area contributed by atoms with Gasteiger partial charge in [-0.2, -0.15) is 0 Å². The lowest BCUT2D eigenvalue weighted by Crippen LogP contribution is -2.39. The second-order valence-corrected chi connectivity index (χ2v) is 4.16. The number of hydrogen-bond donors (Lipinski definition) is 3. The van der Waals surface area contributed by atoms with Crippen LogP contribution in [0.25, 0.3) is 0 Å². The van der Waals surface area contributed by atoms with Crippen LogP contribution in [0.2, 0.25) is 0 Å². The molecule has 0 aliphatic heterocycles. The van der Waals surface area contributed by atoms with Crippen LogP contribution in [0.4, 0.5) is 5.69 Å². The van der Waals surface area contributed by atoms with Crippen LogP contribution in [0.5, 0.6) is 0 Å². The first-order valence-corrected chi connectivity index (χ1v) is 5.81. The number of aryl methyl sites for hydroxylation is 1. The summed E-state index contributed by atoms with van der Waals surface area (Å²) in [6.45, 7) is 4.13. The van der Waals surface area contributed by atoms with Crippen molar-refractivity contribution < 1.29 is 5.11 Å². The number of anilines is 1. The van der Waals surface area contributed by atoms with Crippen molar-refractivity contribution in [3.63, 3.8) is 0 Å². The van der Waals surface area contributed by atoms with E-state index in [0.29, 0.717) is 5.11 Å². The van der Waals surface area contributed by atoms with Gasteiger partial charge in [0.05, 0.1) is 12.6 Å². The molecule has 1 aromatic rings. The Morgan fingerprint density at radius 2 is 2.00 bits per heavy atom. The van der Waals surface area contributed by atoms with Crippen LogP contribution in [-0.4, -0.2) is 22.9 Å². The van der Waals surface area contributed by atoms with Gasteiger partial charge in [-0.05, 0) is 37.7 Å². The van der Waals surface area contributed by atoms with Gasteiger partial charge in [-0.1, -0.05) is 24.6 Å². The second kappa shape index (κ2) is 6.45. The van der Waals surface area contributed by atoms with Crippen LogP contribution in [0.15, 0.2) is 24.3 Å². The molecule has 16 heavy (non-hydrogen) atoms. The maximum Gasteiger partial charge on any atom is 0.171 e. The molecule has 0 aromatic heterocycles. The van der Waals surface area contributed by atoms with E-state index < -0.39 is 0 Å². The van der Waals surface area contributed by atoms with Crippen LogP contribution in [0.1, 0.15) is 18.9 Å². The molecule has 3 N–H and O–H groups in total. The van der Waals surface area contributed by atoms with E-state index >= 15 is 0 Å². The van der Waals surface area contributed by atoms with Gasteiger partial charge in [0.1, 0.15) is 0 Å². The van der Waals surface area contributed by atoms with Crippen molar-refractivity contribution in [1.82, 2.24) is 5.32 Å². The summed E-state index contributed by atoms with van der Waals surface area (Å²) in [5.41, 5.74) is 2.17. The van der Waals surface area contributed by atoms with Gasteiger partial charge in [-0.3, -0.25) is 0 Å². The lowest BCUT2D eigenvalue weighted by Gasteiger charge is -2.17. The van der Waals surface area contributed by atoms with Crippen LogP contribution >= 0.6 is 12.2 Å². The summed E-state index contributed by atoms with van der Waals surface area (Å²) in [7, 11) is 0. The summed E-state index contributed by atoms with van der Waals surface area (Å²) in [6.07, 6.45) is 0.840. The molecule has 0 fully saturated rings. The molecule has 3 nitrogen and oxygen atoms in total. The topological polar surface area (TPSA) is 44.3 Å². The summed E-state index contributed by atoms with van der Waals surface area (Å²) in [5, 5.41) is 15.7. The molecule has 0 radical (unpaired) electrons. The summed E-state index contributed by atoms with van der Waals surface area (Å²) in [5.74, 6) is 0. The Hall–Kier alpha value is -1.13. The van der Waals surface area contributed by atoms with E-state index in [4.69, 9.17) is 17.3 Å². The van der Waals surface area contributed by atoms with Crippen molar-refractivity contribution in [2.24, 2.45) is 0 Å². The van der Waals surface area contributed by atoms with Crippen LogP contribution in [-0.2, 0) is 0 Å². The standard InChI is InChI=1S/C12H18N2OS/c1-3-10(8-15)13-12(16)14-11-6-4-9(2)5-7-11/h4-7,10,15H,3,8H2,1-2H3,(H2,13,14,16)/t10-/m0/s1. The molecule has 1 atom stereocenters. The second-order valence-electron chi connectivity index (χ2n) is 3.75. The number of benzene rings is 1. The quantitative estimate of drug-likeness (QED) is 0.703. The Bertz CT molecular complexity index is 333. The average molecular weight is 238 g/mol. The fourth-order valence-corrected chi connectivity index (χ4v) is 1.55. The third-order valence-corrected chi connectivity index (χ3v) is 2.58. The zero-order chi connectivity index (χ0) is 12.0. The maximum absolute atomic E-state index is 9.03. The van der Waals surface area contributed by atoms with Crippen molar-refractivity contribution in [3.05, 3.63) is 29.8 Å². The van der Waals surface area contributed by atoms with E-state index in [9.17, 15) is 0 Å². The Morgan fingerprint density at radius 3 is 2.50 bits per heavy atom. The van der Waals surface area contributed by atoms with Gasteiger partial charge < -0.3 is 15.7 Å². The fourth-order valence-electron chi connectivity index (χ4n) is 1.27. The molecule has 1 rings (SSSR count). The number of aliphatic hydroxyl groups excluding tert-OH is 1. The van der Waals surface area contributed by atoms with E-state index in [1.54, 1.807) is 0 Å². The van der Waals surface area contributed by atoms with Crippen LogP contribution < -0.4 is 10.6 Å². The lowest BCUT2D eigenvalue weighted by molar-refractivity contribution is 0.253. The Kier molecular flexibility index (Phi) is 5.22. The number of thiocarbonyl (C=S) groups is 1. The summed E-state index contributed by atoms with van der Waals surface area (Å²) >= 11 is 5.14. The smallest absolute Gasteiger partial charge is 0.171 e. The van der Waals surface area contributed by atoms with Crippen molar-refractivity contribution in [2.45, 2.75) is 26.3 Å². The molecule has 0 saturated heterocycles. The molecule has 0 spiro atoms. The third kappa shape index (κ3) is 4.16. The first-order valence-electron chi connectivity index (χ1n) is 5.40. The highest BCUT2D eigenvalue weighted by Gasteiger charge is 2.05. The van der Waals surface area contributed by atoms with Crippen LogP contribution in [0.3, 0.4) is 0 Å². The molecule has 0 aliphatic carbocycles. The molecule has 0 aliphatic rings. The molecule has 0 amide bonds. The molecule has 0 saturated carbocycles. The largest absolute Gasteiger partial charge is 0.394 e. The van der Waals surface area contributed by atoms with Gasteiger partial charge >= 0.3 is 0 Å². The summed E-state index contributed by atoms with van der Waals surface area (Å²) < 4.78 is 0. The fraction of sp³-hybridized carbons (Fsp3) is 0.417. The minimum atomic E-state index is 0.0189. The van der Waals surface area contributed by atoms with Gasteiger partial charge in [0.25, 0.3) is 0 Å². The first kappa shape index (κ1) is 12.9. The molecule has 0 bridgehead atoms. The Morgan fingerprint density at radius 1 is 1.38 bits per heavy atom. The number of hydrogen-bond acceptors (Lipinski definition) is 2. The highest BCUT2D eigenvalue weighted by Crippen LogP contribution is 2.08. The summed E-state index contributed by atoms with van der Waals surface area (Å²) in [6, 6.07) is 8.01. The van der Waals surface area contributed by atoms with E-state index in [-0.39, 0.29) is 12.6 Å². The first-order chi connectivity index (χ1) is 7.65. The predicted molar refractivity (Wildman–Crippen MR) is 71.7 cm³/mol. The molecular weight excluding hydrogens is 220 g/mol. The average Bonchev–Trinajstić information content (AvgIpc) is 2.29. The highest BCUT2D eigenvalue weighted by molar-refractivity contribution is 7.80. The number of aliphatic hydroxyl groups is 1. The van der Waals surface area contributed by atoms with Crippen molar-refractivity contribution in [3.8, 4) is 0 Å². The molecule has 4 heteroatoms. The number of nitrogens with one attached hydrogen (secondary N) is 2. The van der Waals surface area contributed by atoms with Crippen molar-refractivity contribution in [2.75, 3.05) is 11.9 Å². The van der Waals surface area contributed by atoms with Gasteiger partial charge in [0, 0.05) is 5.69 Å². The van der Waals surface area contributed by atoms with Crippen LogP contribution in [0, 0.1) is 6.92 Å². The SMILES string of the molecule is CC[C@@H](CO)NC(=S)Nc1ccc(C)cc1. The minimum absolute atomic E-state index is 0.0189. The third-order valence-electron chi connectivity index (χ3n) is 2.36. The molecule has 88 valence electrons. The zero-order valence-corrected chi connectivity index (χ0v) is 10.5. The van der Waals surface area contributed by atoms with Gasteiger partial charge in [0.2, 0.25) is 0 Å². The maximum atomic E-state index is 9.03. The summed E-state index contributed by atoms with van der Waals surface area (Å²) in [4.78, 5) is 0. The Labute approximate surface area is 102 Å². The monoisotopic (exact) mass is 238 g/mol. The van der Waals surface area contributed by atoms with Gasteiger partial charge in [0.15, 0.2) is 5.11 Å². The predicted octanol–water partition coefficient (Wildman–Crippen LogP) is 2.05. The van der Waals surface area contributed by atoms with E-state index in [0.717, 1.165) is 12.1 Å². The van der Waals surface area contributed by atoms with Gasteiger partial charge in [-0.15, -0.1) is 0 Å². The van der Waals surface area contributed by atoms with E-state index in [2.05, 4.69) is 10.6 Å². The molecule has 0 heterocycles. The highest BCUT2D eigenvalue weighted by atomic mass is 32.1. The minimum Gasteiger partial charge on any atom is -0.394 e. The Balaban J connectivity index is 2.48. The molecule has 1 aromatic carbocycles. The lowest BCUT2D eigenvalue weighted by atomic mass is 10.2. The van der Waals surface area contributed by atoms with Gasteiger partial charge in [-0.25, -0.2) is 0 Å². The molecule has 0 unspecified atom stereocenters.